The van der Waals surface area contributed by atoms with Crippen molar-refractivity contribution in [2.75, 3.05) is 6.54 Å². The van der Waals surface area contributed by atoms with E-state index in [1.165, 1.54) is 25.7 Å². The van der Waals surface area contributed by atoms with Gasteiger partial charge in [-0.05, 0) is 32.6 Å². The van der Waals surface area contributed by atoms with Crippen molar-refractivity contribution in [1.29, 1.82) is 0 Å². The molecule has 0 amide bonds. The maximum Gasteiger partial charge on any atom is 0.0704 e. The van der Waals surface area contributed by atoms with Crippen molar-refractivity contribution >= 4 is 0 Å². The molecule has 2 aliphatic rings. The van der Waals surface area contributed by atoms with Crippen molar-refractivity contribution in [3.63, 3.8) is 0 Å². The highest BCUT2D eigenvalue weighted by Crippen LogP contribution is 2.19. The lowest BCUT2D eigenvalue weighted by Gasteiger charge is -2.16. The van der Waals surface area contributed by atoms with Gasteiger partial charge in [0.25, 0.3) is 0 Å². The van der Waals surface area contributed by atoms with Gasteiger partial charge in [0.15, 0.2) is 0 Å². The summed E-state index contributed by atoms with van der Waals surface area (Å²) in [6.45, 7) is 3.20. The van der Waals surface area contributed by atoms with Gasteiger partial charge < -0.3 is 10.1 Å². The van der Waals surface area contributed by atoms with E-state index in [1.54, 1.807) is 0 Å². The van der Waals surface area contributed by atoms with E-state index in [0.717, 1.165) is 6.54 Å². The van der Waals surface area contributed by atoms with Crippen molar-refractivity contribution in [3.05, 3.63) is 12.2 Å². The third kappa shape index (κ3) is 2.55. The fourth-order valence-electron chi connectivity index (χ4n) is 2.12. The molecule has 1 saturated heterocycles. The van der Waals surface area contributed by atoms with Gasteiger partial charge >= 0.3 is 0 Å². The molecule has 13 heavy (non-hydrogen) atoms. The molecule has 2 heteroatoms. The predicted octanol–water partition coefficient (Wildman–Crippen LogP) is 1.86. The quantitative estimate of drug-likeness (QED) is 0.671. The van der Waals surface area contributed by atoms with Gasteiger partial charge in [0.2, 0.25) is 0 Å². The van der Waals surface area contributed by atoms with Crippen LogP contribution in [0.1, 0.15) is 32.6 Å². The highest BCUT2D eigenvalue weighted by Gasteiger charge is 2.22. The van der Waals surface area contributed by atoms with Gasteiger partial charge in [-0.25, -0.2) is 0 Å². The van der Waals surface area contributed by atoms with E-state index in [4.69, 9.17) is 4.74 Å². The molecule has 1 fully saturated rings. The largest absolute Gasteiger partial charge is 0.374 e. The summed E-state index contributed by atoms with van der Waals surface area (Å²) >= 11 is 0. The molecule has 0 spiro atoms. The predicted molar refractivity (Wildman–Crippen MR) is 53.7 cm³/mol. The zero-order chi connectivity index (χ0) is 9.10. The van der Waals surface area contributed by atoms with E-state index in [9.17, 15) is 0 Å². The highest BCUT2D eigenvalue weighted by molar-refractivity contribution is 4.97. The van der Waals surface area contributed by atoms with Crippen LogP contribution in [0.3, 0.4) is 0 Å². The average Bonchev–Trinajstić information content (AvgIpc) is 2.71. The molecule has 0 saturated carbocycles. The van der Waals surface area contributed by atoms with Crippen LogP contribution in [0.2, 0.25) is 0 Å². The van der Waals surface area contributed by atoms with E-state index in [-0.39, 0.29) is 0 Å². The van der Waals surface area contributed by atoms with Gasteiger partial charge in [0.05, 0.1) is 12.2 Å². The molecule has 0 bridgehead atoms. The molecule has 0 radical (unpaired) electrons. The molecule has 1 aliphatic heterocycles. The molecule has 2 rings (SSSR count). The fourth-order valence-corrected chi connectivity index (χ4v) is 2.12. The molecule has 1 N–H and O–H groups in total. The second-order valence-electron chi connectivity index (χ2n) is 4.19. The summed E-state index contributed by atoms with van der Waals surface area (Å²) in [5.41, 5.74) is 0. The summed E-state index contributed by atoms with van der Waals surface area (Å²) in [5, 5.41) is 3.56. The number of hydrogen-bond acceptors (Lipinski definition) is 2. The van der Waals surface area contributed by atoms with Gasteiger partial charge in [-0.1, -0.05) is 12.2 Å². The Labute approximate surface area is 80.4 Å². The fraction of sp³-hybridized carbons (Fsp3) is 0.818. The highest BCUT2D eigenvalue weighted by atomic mass is 16.5. The van der Waals surface area contributed by atoms with Crippen LogP contribution in [0.5, 0.6) is 0 Å². The Morgan fingerprint density at radius 3 is 2.69 bits per heavy atom. The van der Waals surface area contributed by atoms with E-state index >= 15 is 0 Å². The smallest absolute Gasteiger partial charge is 0.0704 e. The minimum atomic E-state index is 0.468. The zero-order valence-corrected chi connectivity index (χ0v) is 8.33. The van der Waals surface area contributed by atoms with E-state index in [1.807, 2.05) is 0 Å². The summed E-state index contributed by atoms with van der Waals surface area (Å²) in [4.78, 5) is 0. The molecule has 1 aliphatic carbocycles. The lowest BCUT2D eigenvalue weighted by Crippen LogP contribution is -2.34. The average molecular weight is 181 g/mol. The van der Waals surface area contributed by atoms with Crippen molar-refractivity contribution in [2.24, 2.45) is 0 Å². The first kappa shape index (κ1) is 9.22. The molecule has 2 unspecified atom stereocenters. The zero-order valence-electron chi connectivity index (χ0n) is 8.33. The van der Waals surface area contributed by atoms with E-state index in [2.05, 4.69) is 24.4 Å². The van der Waals surface area contributed by atoms with Crippen LogP contribution in [0.15, 0.2) is 12.2 Å². The van der Waals surface area contributed by atoms with Crippen LogP contribution >= 0.6 is 0 Å². The van der Waals surface area contributed by atoms with Crippen LogP contribution in [0.25, 0.3) is 0 Å². The van der Waals surface area contributed by atoms with Crippen LogP contribution in [0, 0.1) is 0 Å². The Balaban J connectivity index is 1.62. The first-order valence-corrected chi connectivity index (χ1v) is 5.38. The molecule has 0 aromatic rings. The topological polar surface area (TPSA) is 21.3 Å². The first-order chi connectivity index (χ1) is 6.34. The number of rotatable bonds is 3. The minimum Gasteiger partial charge on any atom is -0.374 e. The second-order valence-corrected chi connectivity index (χ2v) is 4.19. The molecule has 2 atom stereocenters. The number of nitrogens with one attached hydrogen (secondary N) is 1. The Hall–Kier alpha value is -0.340. The van der Waals surface area contributed by atoms with Crippen LogP contribution in [-0.2, 0) is 4.74 Å². The SMILES string of the molecule is CC1CCC(CNC2CC=CC2)O1. The van der Waals surface area contributed by atoms with Crippen molar-refractivity contribution in [2.45, 2.75) is 50.9 Å². The van der Waals surface area contributed by atoms with Gasteiger partial charge in [-0.2, -0.15) is 0 Å². The standard InChI is InChI=1S/C11H19NO/c1-9-6-7-11(13-9)8-12-10-4-2-3-5-10/h2-3,9-12H,4-8H2,1H3. The minimum absolute atomic E-state index is 0.468. The number of ether oxygens (including phenoxy) is 1. The van der Waals surface area contributed by atoms with E-state index < -0.39 is 0 Å². The summed E-state index contributed by atoms with van der Waals surface area (Å²) in [6, 6.07) is 0.680. The van der Waals surface area contributed by atoms with Crippen molar-refractivity contribution in [1.82, 2.24) is 5.32 Å². The summed E-state index contributed by atoms with van der Waals surface area (Å²) in [6.07, 6.45) is 10.3. The first-order valence-electron chi connectivity index (χ1n) is 5.38. The van der Waals surface area contributed by atoms with Gasteiger partial charge in [0, 0.05) is 12.6 Å². The lowest BCUT2D eigenvalue weighted by molar-refractivity contribution is 0.0545. The maximum absolute atomic E-state index is 5.74. The monoisotopic (exact) mass is 181 g/mol. The Kier molecular flexibility index (Phi) is 3.01. The van der Waals surface area contributed by atoms with Crippen molar-refractivity contribution < 1.29 is 4.74 Å². The molecule has 0 aromatic heterocycles. The van der Waals surface area contributed by atoms with Crippen molar-refractivity contribution in [3.8, 4) is 0 Å². The summed E-state index contributed by atoms with van der Waals surface area (Å²) in [7, 11) is 0. The summed E-state index contributed by atoms with van der Waals surface area (Å²) < 4.78 is 5.74. The normalized spacial score (nSPS) is 34.5. The van der Waals surface area contributed by atoms with Gasteiger partial charge in [-0.15, -0.1) is 0 Å². The molecule has 1 heterocycles. The third-order valence-corrected chi connectivity index (χ3v) is 2.96. The lowest BCUT2D eigenvalue weighted by atomic mass is 10.2. The molecular weight excluding hydrogens is 162 g/mol. The molecule has 74 valence electrons. The second kappa shape index (κ2) is 4.25. The van der Waals surface area contributed by atoms with E-state index in [0.29, 0.717) is 18.2 Å². The van der Waals surface area contributed by atoms with Crippen LogP contribution in [-0.4, -0.2) is 24.8 Å². The van der Waals surface area contributed by atoms with Crippen LogP contribution in [0.4, 0.5) is 0 Å². The van der Waals surface area contributed by atoms with Crippen LogP contribution < -0.4 is 5.32 Å². The maximum atomic E-state index is 5.74. The molecular formula is C11H19NO. The Morgan fingerprint density at radius 1 is 1.31 bits per heavy atom. The third-order valence-electron chi connectivity index (χ3n) is 2.96. The molecule has 2 nitrogen and oxygen atoms in total. The Bertz CT molecular complexity index is 183. The van der Waals surface area contributed by atoms with Gasteiger partial charge in [0.1, 0.15) is 0 Å². The van der Waals surface area contributed by atoms with Gasteiger partial charge in [-0.3, -0.25) is 0 Å². The summed E-state index contributed by atoms with van der Waals surface area (Å²) in [5.74, 6) is 0. The Morgan fingerprint density at radius 2 is 2.08 bits per heavy atom. The molecule has 0 aromatic carbocycles. The number of hydrogen-bond donors (Lipinski definition) is 1.